The van der Waals surface area contributed by atoms with E-state index in [1.165, 1.54) is 0 Å². The zero-order valence-electron chi connectivity index (χ0n) is 14.2. The first-order chi connectivity index (χ1) is 12.6. The zero-order chi connectivity index (χ0) is 18.4. The molecule has 2 amide bonds. The smallest absolute Gasteiger partial charge is 0.321 e. The second-order valence-corrected chi connectivity index (χ2v) is 6.10. The van der Waals surface area contributed by atoms with Gasteiger partial charge in [-0.15, -0.1) is 0 Å². The van der Waals surface area contributed by atoms with E-state index in [4.69, 9.17) is 5.11 Å². The number of hydrogen-bond acceptors (Lipinski definition) is 3. The van der Waals surface area contributed by atoms with Crippen LogP contribution in [0.25, 0.3) is 0 Å². The number of carbonyl (C=O) groups is 2. The standard InChI is InChI=1S/C20H19N3O3/c24-19(25)16-6-4-12-23(14-16)20(26)22-18-8-3-5-15(13-18)9-10-17-7-1-2-11-21-17/h1-3,5,7-8,11,13,16H,4,6,12,14H2,(H,22,26)(H,24,25)/t16-/m1/s1. The van der Waals surface area contributed by atoms with Crippen LogP contribution < -0.4 is 5.32 Å². The third-order valence-electron chi connectivity index (χ3n) is 4.17. The average molecular weight is 349 g/mol. The van der Waals surface area contributed by atoms with Crippen molar-refractivity contribution in [3.05, 3.63) is 59.9 Å². The predicted molar refractivity (Wildman–Crippen MR) is 97.6 cm³/mol. The topological polar surface area (TPSA) is 82.5 Å². The van der Waals surface area contributed by atoms with Gasteiger partial charge in [0.2, 0.25) is 0 Å². The molecule has 0 saturated carbocycles. The number of rotatable bonds is 2. The highest BCUT2D eigenvalue weighted by molar-refractivity contribution is 5.90. The SMILES string of the molecule is O=C(O)[C@@H]1CCCN(C(=O)Nc2cccc(C#Cc3ccccn3)c2)C1. The minimum absolute atomic E-state index is 0.236. The van der Waals surface area contributed by atoms with Crippen LogP contribution in [0.1, 0.15) is 24.1 Å². The number of piperidine rings is 1. The molecule has 0 spiro atoms. The number of nitrogens with one attached hydrogen (secondary N) is 1. The number of carboxylic acid groups (broad SMARTS) is 1. The van der Waals surface area contributed by atoms with Gasteiger partial charge in [-0.05, 0) is 49.1 Å². The molecule has 1 aromatic heterocycles. The number of likely N-dealkylation sites (tertiary alicyclic amines) is 1. The summed E-state index contributed by atoms with van der Waals surface area (Å²) in [4.78, 5) is 29.2. The van der Waals surface area contributed by atoms with Gasteiger partial charge in [0.05, 0.1) is 5.92 Å². The summed E-state index contributed by atoms with van der Waals surface area (Å²) in [7, 11) is 0. The molecule has 2 N–H and O–H groups in total. The van der Waals surface area contributed by atoms with Crippen molar-refractivity contribution in [2.45, 2.75) is 12.8 Å². The molecule has 0 aliphatic carbocycles. The van der Waals surface area contributed by atoms with Gasteiger partial charge < -0.3 is 15.3 Å². The molecule has 0 bridgehead atoms. The molecule has 0 radical (unpaired) electrons. The van der Waals surface area contributed by atoms with Crippen LogP contribution >= 0.6 is 0 Å². The van der Waals surface area contributed by atoms with Crippen molar-refractivity contribution in [2.75, 3.05) is 18.4 Å². The second-order valence-electron chi connectivity index (χ2n) is 6.10. The number of urea groups is 1. The minimum atomic E-state index is -0.853. The Hall–Kier alpha value is -3.33. The number of pyridine rings is 1. The molecule has 1 aliphatic heterocycles. The molecule has 1 atom stereocenters. The number of anilines is 1. The summed E-state index contributed by atoms with van der Waals surface area (Å²) >= 11 is 0. The van der Waals surface area contributed by atoms with Gasteiger partial charge in [0.15, 0.2) is 0 Å². The van der Waals surface area contributed by atoms with Gasteiger partial charge in [-0.2, -0.15) is 0 Å². The second kappa shape index (κ2) is 8.17. The first-order valence-corrected chi connectivity index (χ1v) is 8.43. The van der Waals surface area contributed by atoms with Crippen molar-refractivity contribution in [1.29, 1.82) is 0 Å². The third kappa shape index (κ3) is 4.61. The van der Waals surface area contributed by atoms with Crippen molar-refractivity contribution in [3.8, 4) is 11.8 Å². The number of amides is 2. The Morgan fingerprint density at radius 3 is 2.85 bits per heavy atom. The van der Waals surface area contributed by atoms with Gasteiger partial charge in [0.1, 0.15) is 5.69 Å². The van der Waals surface area contributed by atoms with E-state index in [1.807, 2.05) is 30.3 Å². The van der Waals surface area contributed by atoms with Crippen LogP contribution in [-0.2, 0) is 4.79 Å². The van der Waals surface area contributed by atoms with Gasteiger partial charge >= 0.3 is 12.0 Å². The number of carboxylic acids is 1. The lowest BCUT2D eigenvalue weighted by Crippen LogP contribution is -2.44. The number of carbonyl (C=O) groups excluding carboxylic acids is 1. The van der Waals surface area contributed by atoms with Crippen LogP contribution in [0, 0.1) is 17.8 Å². The molecule has 2 heterocycles. The normalized spacial score (nSPS) is 16.3. The maximum absolute atomic E-state index is 12.4. The Labute approximate surface area is 151 Å². The minimum Gasteiger partial charge on any atom is -0.481 e. The molecule has 1 aromatic carbocycles. The number of nitrogens with zero attached hydrogens (tertiary/aromatic N) is 2. The first-order valence-electron chi connectivity index (χ1n) is 8.43. The quantitative estimate of drug-likeness (QED) is 0.817. The highest BCUT2D eigenvalue weighted by Gasteiger charge is 2.28. The predicted octanol–water partition coefficient (Wildman–Crippen LogP) is 2.81. The molecule has 1 fully saturated rings. The lowest BCUT2D eigenvalue weighted by atomic mass is 9.99. The molecular formula is C20H19N3O3. The molecule has 132 valence electrons. The first kappa shape index (κ1) is 17.5. The number of hydrogen-bond donors (Lipinski definition) is 2. The third-order valence-corrected chi connectivity index (χ3v) is 4.17. The van der Waals surface area contributed by atoms with Gasteiger partial charge in [0.25, 0.3) is 0 Å². The Morgan fingerprint density at radius 2 is 2.08 bits per heavy atom. The lowest BCUT2D eigenvalue weighted by Gasteiger charge is -2.30. The van der Waals surface area contributed by atoms with Crippen molar-refractivity contribution >= 4 is 17.7 Å². The summed E-state index contributed by atoms with van der Waals surface area (Å²) in [5, 5.41) is 12.0. The summed E-state index contributed by atoms with van der Waals surface area (Å²) < 4.78 is 0. The molecular weight excluding hydrogens is 330 g/mol. The van der Waals surface area contributed by atoms with Crippen molar-refractivity contribution in [3.63, 3.8) is 0 Å². The molecule has 0 unspecified atom stereocenters. The van der Waals surface area contributed by atoms with Crippen molar-refractivity contribution < 1.29 is 14.7 Å². The maximum Gasteiger partial charge on any atom is 0.321 e. The Kier molecular flexibility index (Phi) is 5.49. The van der Waals surface area contributed by atoms with Crippen molar-refractivity contribution in [2.24, 2.45) is 5.92 Å². The van der Waals surface area contributed by atoms with Crippen molar-refractivity contribution in [1.82, 2.24) is 9.88 Å². The van der Waals surface area contributed by atoms with Crippen LogP contribution in [0.3, 0.4) is 0 Å². The van der Waals surface area contributed by atoms with E-state index >= 15 is 0 Å². The van der Waals surface area contributed by atoms with E-state index in [-0.39, 0.29) is 12.6 Å². The maximum atomic E-state index is 12.4. The van der Waals surface area contributed by atoms with Gasteiger partial charge in [-0.25, -0.2) is 9.78 Å². The molecule has 26 heavy (non-hydrogen) atoms. The fourth-order valence-electron chi connectivity index (χ4n) is 2.81. The van der Waals surface area contributed by atoms with Gasteiger partial charge in [-0.3, -0.25) is 4.79 Å². The summed E-state index contributed by atoms with van der Waals surface area (Å²) in [6, 6.07) is 12.5. The van der Waals surface area contributed by atoms with Crippen LogP contribution in [0.5, 0.6) is 0 Å². The van der Waals surface area contributed by atoms with E-state index in [2.05, 4.69) is 22.1 Å². The van der Waals surface area contributed by atoms with Gasteiger partial charge in [-0.1, -0.05) is 18.1 Å². The Balaban J connectivity index is 1.66. The van der Waals surface area contributed by atoms with E-state index < -0.39 is 11.9 Å². The van der Waals surface area contributed by atoms with E-state index in [0.717, 1.165) is 5.56 Å². The highest BCUT2D eigenvalue weighted by atomic mass is 16.4. The molecule has 1 saturated heterocycles. The Morgan fingerprint density at radius 1 is 1.19 bits per heavy atom. The monoisotopic (exact) mass is 349 g/mol. The number of aromatic nitrogens is 1. The van der Waals surface area contributed by atoms with E-state index in [0.29, 0.717) is 30.8 Å². The number of benzene rings is 1. The lowest BCUT2D eigenvalue weighted by molar-refractivity contribution is -0.143. The molecule has 3 rings (SSSR count). The molecule has 6 heteroatoms. The molecule has 2 aromatic rings. The zero-order valence-corrected chi connectivity index (χ0v) is 14.2. The average Bonchev–Trinajstić information content (AvgIpc) is 2.67. The summed E-state index contributed by atoms with van der Waals surface area (Å²) in [5.41, 5.74) is 2.06. The van der Waals surface area contributed by atoms with E-state index in [9.17, 15) is 9.59 Å². The van der Waals surface area contributed by atoms with Gasteiger partial charge in [0, 0.05) is 30.5 Å². The highest BCUT2D eigenvalue weighted by Crippen LogP contribution is 2.18. The Bertz CT molecular complexity index is 855. The van der Waals surface area contributed by atoms with E-state index in [1.54, 1.807) is 23.2 Å². The summed E-state index contributed by atoms with van der Waals surface area (Å²) in [6.45, 7) is 0.801. The largest absolute Gasteiger partial charge is 0.481 e. The molecule has 1 aliphatic rings. The van der Waals surface area contributed by atoms with Crippen LogP contribution in [0.4, 0.5) is 10.5 Å². The number of aliphatic carboxylic acids is 1. The van der Waals surface area contributed by atoms with Crippen LogP contribution in [-0.4, -0.2) is 40.1 Å². The fourth-order valence-corrected chi connectivity index (χ4v) is 2.81. The fraction of sp³-hybridized carbons (Fsp3) is 0.250. The molecule has 6 nitrogen and oxygen atoms in total. The van der Waals surface area contributed by atoms with Crippen LogP contribution in [0.15, 0.2) is 48.7 Å². The summed E-state index contributed by atoms with van der Waals surface area (Å²) in [6.07, 6.45) is 2.99. The summed E-state index contributed by atoms with van der Waals surface area (Å²) in [5.74, 6) is 4.65. The van der Waals surface area contributed by atoms with Crippen LogP contribution in [0.2, 0.25) is 0 Å².